The van der Waals surface area contributed by atoms with Gasteiger partial charge in [0.15, 0.2) is 9.84 Å². The van der Waals surface area contributed by atoms with Gasteiger partial charge in [0.2, 0.25) is 0 Å². The minimum absolute atomic E-state index is 0.0154. The number of hydrogen-bond donors (Lipinski definition) is 0. The topological polar surface area (TPSA) is 83.6 Å². The molecule has 2 heterocycles. The number of azo groups is 1. The standard InChI is InChI=1S/C22H21FN4O2S/c1-3-5-19-21-22(25-13-24-21)20(27-26-19)15-8-11-18(23)17(12-15)14-6-9-16(10-7-14)30(28,29)4-2/h6-13,19H,3-5H2,1-2H3. The van der Waals surface area contributed by atoms with Crippen LogP contribution in [-0.2, 0) is 9.84 Å². The second kappa shape index (κ2) is 8.02. The summed E-state index contributed by atoms with van der Waals surface area (Å²) < 4.78 is 38.7. The highest BCUT2D eigenvalue weighted by Crippen LogP contribution is 2.34. The summed E-state index contributed by atoms with van der Waals surface area (Å²) in [7, 11) is -3.31. The first kappa shape index (κ1) is 20.3. The van der Waals surface area contributed by atoms with E-state index in [-0.39, 0.29) is 16.7 Å². The van der Waals surface area contributed by atoms with Crippen LogP contribution in [0.2, 0.25) is 0 Å². The second-order valence-corrected chi connectivity index (χ2v) is 9.38. The van der Waals surface area contributed by atoms with Gasteiger partial charge in [0.05, 0.1) is 16.4 Å². The van der Waals surface area contributed by atoms with Crippen LogP contribution in [0.25, 0.3) is 16.8 Å². The van der Waals surface area contributed by atoms with E-state index in [9.17, 15) is 12.8 Å². The van der Waals surface area contributed by atoms with Gasteiger partial charge in [0.25, 0.3) is 0 Å². The summed E-state index contributed by atoms with van der Waals surface area (Å²) in [5.74, 6) is -0.391. The molecule has 4 rings (SSSR count). The molecule has 30 heavy (non-hydrogen) atoms. The third-order valence-corrected chi connectivity index (χ3v) is 6.92. The molecule has 2 aromatic carbocycles. The first-order valence-corrected chi connectivity index (χ1v) is 11.5. The van der Waals surface area contributed by atoms with Crippen LogP contribution in [0.3, 0.4) is 0 Å². The van der Waals surface area contributed by atoms with Crippen molar-refractivity contribution in [2.24, 2.45) is 20.2 Å². The van der Waals surface area contributed by atoms with Crippen LogP contribution in [0.15, 0.2) is 73.3 Å². The summed E-state index contributed by atoms with van der Waals surface area (Å²) in [5, 5.41) is 8.76. The Hall–Kier alpha value is -3.00. The van der Waals surface area contributed by atoms with Gasteiger partial charge in [-0.25, -0.2) is 22.8 Å². The van der Waals surface area contributed by atoms with Crippen molar-refractivity contribution in [2.45, 2.75) is 37.6 Å². The predicted molar refractivity (Wildman–Crippen MR) is 116 cm³/mol. The SMILES string of the molecule is CCCC1N=NC(c2ccc(F)c(-c3ccc(S(=O)(=O)CC)cc3)c2)=C2N=CN=C21. The Bertz CT molecular complexity index is 1210. The fourth-order valence-corrected chi connectivity index (χ4v) is 4.38. The van der Waals surface area contributed by atoms with Crippen molar-refractivity contribution >= 4 is 27.6 Å². The van der Waals surface area contributed by atoms with Gasteiger partial charge >= 0.3 is 0 Å². The zero-order valence-corrected chi connectivity index (χ0v) is 17.5. The fourth-order valence-electron chi connectivity index (χ4n) is 3.50. The van der Waals surface area contributed by atoms with Crippen molar-refractivity contribution in [3.8, 4) is 11.1 Å². The smallest absolute Gasteiger partial charge is 0.178 e. The summed E-state index contributed by atoms with van der Waals surface area (Å²) >= 11 is 0. The van der Waals surface area contributed by atoms with E-state index in [1.807, 2.05) is 0 Å². The van der Waals surface area contributed by atoms with E-state index < -0.39 is 15.7 Å². The number of halogens is 1. The number of fused-ring (bicyclic) bond motifs is 1. The molecule has 0 fully saturated rings. The minimum atomic E-state index is -3.31. The van der Waals surface area contributed by atoms with E-state index in [1.165, 1.54) is 24.5 Å². The van der Waals surface area contributed by atoms with Gasteiger partial charge < -0.3 is 0 Å². The van der Waals surface area contributed by atoms with E-state index in [1.54, 1.807) is 31.2 Å². The van der Waals surface area contributed by atoms with Gasteiger partial charge in [0.1, 0.15) is 29.6 Å². The zero-order valence-electron chi connectivity index (χ0n) is 16.7. The zero-order chi connectivity index (χ0) is 21.3. The number of aliphatic imine (C=N–C) groups is 2. The van der Waals surface area contributed by atoms with Crippen LogP contribution >= 0.6 is 0 Å². The van der Waals surface area contributed by atoms with Gasteiger partial charge in [-0.3, -0.25) is 0 Å². The van der Waals surface area contributed by atoms with E-state index in [4.69, 9.17) is 0 Å². The second-order valence-electron chi connectivity index (χ2n) is 7.10. The molecular weight excluding hydrogens is 403 g/mol. The van der Waals surface area contributed by atoms with Crippen LogP contribution in [0.1, 0.15) is 32.3 Å². The molecule has 0 spiro atoms. The maximum atomic E-state index is 14.6. The lowest BCUT2D eigenvalue weighted by Crippen LogP contribution is -2.21. The summed E-state index contributed by atoms with van der Waals surface area (Å²) in [6.07, 6.45) is 3.29. The molecule has 154 valence electrons. The molecule has 6 nitrogen and oxygen atoms in total. The summed E-state index contributed by atoms with van der Waals surface area (Å²) in [6.45, 7) is 3.67. The maximum absolute atomic E-state index is 14.6. The Labute approximate surface area is 174 Å². The molecule has 0 bridgehead atoms. The van der Waals surface area contributed by atoms with Gasteiger partial charge in [-0.1, -0.05) is 32.4 Å². The van der Waals surface area contributed by atoms with Crippen LogP contribution in [0.5, 0.6) is 0 Å². The molecule has 0 radical (unpaired) electrons. The first-order valence-electron chi connectivity index (χ1n) is 9.83. The number of sulfone groups is 1. The summed E-state index contributed by atoms with van der Waals surface area (Å²) in [6, 6.07) is 10.8. The number of nitrogens with zero attached hydrogens (tertiary/aromatic N) is 4. The molecule has 2 aromatic rings. The van der Waals surface area contributed by atoms with E-state index in [2.05, 4.69) is 27.1 Å². The molecule has 0 N–H and O–H groups in total. The van der Waals surface area contributed by atoms with Crippen LogP contribution in [0.4, 0.5) is 4.39 Å². The third kappa shape index (κ3) is 3.63. The maximum Gasteiger partial charge on any atom is 0.178 e. The Morgan fingerprint density at radius 2 is 1.73 bits per heavy atom. The lowest BCUT2D eigenvalue weighted by molar-refractivity contribution is 0.597. The average molecular weight is 425 g/mol. The molecule has 2 aliphatic heterocycles. The average Bonchev–Trinajstić information content (AvgIpc) is 3.25. The molecular formula is C22H21FN4O2S. The normalized spacial score (nSPS) is 18.0. The van der Waals surface area contributed by atoms with Crippen molar-refractivity contribution in [3.05, 3.63) is 59.5 Å². The largest absolute Gasteiger partial charge is 0.237 e. The van der Waals surface area contributed by atoms with Gasteiger partial charge in [-0.15, -0.1) is 0 Å². The quantitative estimate of drug-likeness (QED) is 0.648. The van der Waals surface area contributed by atoms with Crippen molar-refractivity contribution < 1.29 is 12.8 Å². The fraction of sp³-hybridized carbons (Fsp3) is 0.273. The number of rotatable bonds is 6. The predicted octanol–water partition coefficient (Wildman–Crippen LogP) is 5.07. The van der Waals surface area contributed by atoms with E-state index in [0.29, 0.717) is 28.1 Å². The van der Waals surface area contributed by atoms with E-state index in [0.717, 1.165) is 18.6 Å². The van der Waals surface area contributed by atoms with Crippen LogP contribution in [-0.4, -0.2) is 32.3 Å². The molecule has 1 unspecified atom stereocenters. The molecule has 0 aromatic heterocycles. The van der Waals surface area contributed by atoms with Crippen molar-refractivity contribution in [1.29, 1.82) is 0 Å². The lowest BCUT2D eigenvalue weighted by atomic mass is 9.97. The molecule has 0 amide bonds. The minimum Gasteiger partial charge on any atom is -0.237 e. The van der Waals surface area contributed by atoms with Gasteiger partial charge in [0, 0.05) is 11.1 Å². The van der Waals surface area contributed by atoms with Gasteiger partial charge in [-0.05, 0) is 42.3 Å². The highest BCUT2D eigenvalue weighted by molar-refractivity contribution is 7.91. The number of benzene rings is 2. The highest BCUT2D eigenvalue weighted by Gasteiger charge is 2.29. The van der Waals surface area contributed by atoms with Crippen LogP contribution < -0.4 is 0 Å². The monoisotopic (exact) mass is 424 g/mol. The van der Waals surface area contributed by atoms with Gasteiger partial charge in [-0.2, -0.15) is 10.2 Å². The van der Waals surface area contributed by atoms with Crippen molar-refractivity contribution in [1.82, 2.24) is 0 Å². The molecule has 0 saturated heterocycles. The Morgan fingerprint density at radius 3 is 2.43 bits per heavy atom. The highest BCUT2D eigenvalue weighted by atomic mass is 32.2. The molecule has 0 aliphatic carbocycles. The summed E-state index contributed by atoms with van der Waals surface area (Å²) in [4.78, 5) is 8.93. The van der Waals surface area contributed by atoms with E-state index >= 15 is 0 Å². The number of hydrogen-bond acceptors (Lipinski definition) is 6. The molecule has 1 atom stereocenters. The summed E-state index contributed by atoms with van der Waals surface area (Å²) in [5.41, 5.74) is 3.63. The Morgan fingerprint density at radius 1 is 1.00 bits per heavy atom. The molecule has 8 heteroatoms. The molecule has 0 saturated carbocycles. The molecule has 2 aliphatic rings. The van der Waals surface area contributed by atoms with Crippen molar-refractivity contribution in [3.63, 3.8) is 0 Å². The third-order valence-electron chi connectivity index (χ3n) is 5.17. The Kier molecular flexibility index (Phi) is 5.42. The first-order chi connectivity index (χ1) is 14.4. The van der Waals surface area contributed by atoms with Crippen molar-refractivity contribution in [2.75, 3.05) is 5.75 Å². The Balaban J connectivity index is 1.73. The lowest BCUT2D eigenvalue weighted by Gasteiger charge is -2.18. The van der Waals surface area contributed by atoms with Crippen LogP contribution in [0, 0.1) is 5.82 Å².